The number of hydrogen-bond acceptors (Lipinski definition) is 2. The third kappa shape index (κ3) is 1.90. The lowest BCUT2D eigenvalue weighted by Gasteiger charge is -2.20. The molecule has 0 spiro atoms. The molecule has 0 atom stereocenters. The van der Waals surface area contributed by atoms with Crippen molar-refractivity contribution in [3.05, 3.63) is 40.1 Å². The molecule has 0 amide bonds. The number of nitrogens with zero attached hydrogens (tertiary/aromatic N) is 2. The number of pyridine rings is 1. The van der Waals surface area contributed by atoms with Gasteiger partial charge in [0, 0.05) is 11.1 Å². The fourth-order valence-electron chi connectivity index (χ4n) is 3.10. The van der Waals surface area contributed by atoms with Gasteiger partial charge in [-0.1, -0.05) is 12.1 Å². The zero-order valence-electron chi connectivity index (χ0n) is 11.6. The van der Waals surface area contributed by atoms with Gasteiger partial charge >= 0.3 is 0 Å². The molecule has 2 heteroatoms. The molecule has 1 aromatic heterocycles. The van der Waals surface area contributed by atoms with Crippen molar-refractivity contribution in [1.82, 2.24) is 4.98 Å². The highest BCUT2D eigenvalue weighted by atomic mass is 14.7. The molecular weight excluding hydrogens is 232 g/mol. The number of aryl methyl sites for hydroxylation is 3. The van der Waals surface area contributed by atoms with Crippen LogP contribution in [0.4, 0.5) is 0 Å². The molecule has 1 aliphatic carbocycles. The summed E-state index contributed by atoms with van der Waals surface area (Å²) in [5, 5.41) is 10.3. The molecule has 2 aromatic rings. The van der Waals surface area contributed by atoms with Crippen molar-refractivity contribution in [2.45, 2.75) is 46.0 Å². The van der Waals surface area contributed by atoms with Gasteiger partial charge < -0.3 is 0 Å². The minimum atomic E-state index is 0.504. The zero-order chi connectivity index (χ0) is 13.4. The molecule has 0 saturated heterocycles. The van der Waals surface area contributed by atoms with Crippen LogP contribution in [0.2, 0.25) is 0 Å². The summed E-state index contributed by atoms with van der Waals surface area (Å²) in [7, 11) is 0. The maximum atomic E-state index is 9.13. The monoisotopic (exact) mass is 250 g/mol. The molecular formula is C17H18N2. The molecule has 96 valence electrons. The Morgan fingerprint density at radius 2 is 2.00 bits per heavy atom. The summed E-state index contributed by atoms with van der Waals surface area (Å²) in [6, 6.07) is 6.63. The lowest BCUT2D eigenvalue weighted by molar-refractivity contribution is 0.666. The van der Waals surface area contributed by atoms with E-state index in [1.807, 2.05) is 0 Å². The summed E-state index contributed by atoms with van der Waals surface area (Å²) in [4.78, 5) is 4.91. The summed E-state index contributed by atoms with van der Waals surface area (Å²) in [5.74, 6) is 0. The molecule has 0 saturated carbocycles. The Hall–Kier alpha value is -1.88. The van der Waals surface area contributed by atoms with Crippen LogP contribution in [-0.4, -0.2) is 4.98 Å². The SMILES string of the molecule is Cc1ccc2c(CC#N)c3c(nc2c1C)CCCC3. The molecule has 0 fully saturated rings. The molecule has 0 unspecified atom stereocenters. The van der Waals surface area contributed by atoms with Gasteiger partial charge in [-0.3, -0.25) is 4.98 Å². The summed E-state index contributed by atoms with van der Waals surface area (Å²) in [6.45, 7) is 4.26. The van der Waals surface area contributed by atoms with E-state index < -0.39 is 0 Å². The van der Waals surface area contributed by atoms with E-state index in [-0.39, 0.29) is 0 Å². The van der Waals surface area contributed by atoms with Crippen LogP contribution in [0.3, 0.4) is 0 Å². The predicted molar refractivity (Wildman–Crippen MR) is 77.2 cm³/mol. The molecule has 0 bridgehead atoms. The lowest BCUT2D eigenvalue weighted by Crippen LogP contribution is -2.10. The number of nitriles is 1. The van der Waals surface area contributed by atoms with Gasteiger partial charge in [-0.2, -0.15) is 5.26 Å². The molecule has 0 N–H and O–H groups in total. The fraction of sp³-hybridized carbons (Fsp3) is 0.412. The Bertz CT molecular complexity index is 693. The Morgan fingerprint density at radius 3 is 2.79 bits per heavy atom. The molecule has 1 aromatic carbocycles. The molecule has 1 heterocycles. The first-order valence-corrected chi connectivity index (χ1v) is 7.00. The van der Waals surface area contributed by atoms with Crippen LogP contribution in [0.15, 0.2) is 12.1 Å². The van der Waals surface area contributed by atoms with Crippen molar-refractivity contribution < 1.29 is 0 Å². The van der Waals surface area contributed by atoms with Gasteiger partial charge in [-0.05, 0) is 61.8 Å². The van der Waals surface area contributed by atoms with Gasteiger partial charge in [0.1, 0.15) is 0 Å². The fourth-order valence-corrected chi connectivity index (χ4v) is 3.10. The van der Waals surface area contributed by atoms with E-state index in [9.17, 15) is 0 Å². The first-order valence-electron chi connectivity index (χ1n) is 7.00. The van der Waals surface area contributed by atoms with Crippen LogP contribution in [0, 0.1) is 25.2 Å². The van der Waals surface area contributed by atoms with Crippen LogP contribution in [-0.2, 0) is 19.3 Å². The number of benzene rings is 1. The lowest BCUT2D eigenvalue weighted by atomic mass is 9.88. The highest BCUT2D eigenvalue weighted by molar-refractivity contribution is 5.87. The maximum absolute atomic E-state index is 9.13. The quantitative estimate of drug-likeness (QED) is 0.772. The van der Waals surface area contributed by atoms with Crippen molar-refractivity contribution in [1.29, 1.82) is 5.26 Å². The van der Waals surface area contributed by atoms with Crippen LogP contribution < -0.4 is 0 Å². The van der Waals surface area contributed by atoms with Crippen LogP contribution >= 0.6 is 0 Å². The molecule has 0 radical (unpaired) electrons. The van der Waals surface area contributed by atoms with Crippen molar-refractivity contribution in [3.8, 4) is 6.07 Å². The predicted octanol–water partition coefficient (Wildman–Crippen LogP) is 3.80. The van der Waals surface area contributed by atoms with E-state index in [0.29, 0.717) is 6.42 Å². The largest absolute Gasteiger partial charge is 0.252 e. The Kier molecular flexibility index (Phi) is 2.98. The summed E-state index contributed by atoms with van der Waals surface area (Å²) in [6.07, 6.45) is 5.11. The van der Waals surface area contributed by atoms with E-state index >= 15 is 0 Å². The second-order valence-corrected chi connectivity index (χ2v) is 5.46. The number of hydrogen-bond donors (Lipinski definition) is 0. The summed E-state index contributed by atoms with van der Waals surface area (Å²) >= 11 is 0. The third-order valence-electron chi connectivity index (χ3n) is 4.33. The highest BCUT2D eigenvalue weighted by Crippen LogP contribution is 2.31. The van der Waals surface area contributed by atoms with Crippen molar-refractivity contribution >= 4 is 10.9 Å². The van der Waals surface area contributed by atoms with Gasteiger partial charge in [0.2, 0.25) is 0 Å². The first-order chi connectivity index (χ1) is 9.22. The van der Waals surface area contributed by atoms with E-state index in [2.05, 4.69) is 32.0 Å². The standard InChI is InChI=1S/C17H18N2/c1-11-7-8-15-13(9-10-18)14-5-3-4-6-16(14)19-17(15)12(11)2/h7-8H,3-6,9H2,1-2H3. The minimum Gasteiger partial charge on any atom is -0.252 e. The van der Waals surface area contributed by atoms with Crippen LogP contribution in [0.1, 0.15) is 40.8 Å². The topological polar surface area (TPSA) is 36.7 Å². The molecule has 1 aliphatic rings. The number of fused-ring (bicyclic) bond motifs is 2. The first kappa shape index (κ1) is 12.2. The van der Waals surface area contributed by atoms with Gasteiger partial charge in [0.25, 0.3) is 0 Å². The van der Waals surface area contributed by atoms with Gasteiger partial charge in [-0.25, -0.2) is 0 Å². The van der Waals surface area contributed by atoms with E-state index in [4.69, 9.17) is 10.2 Å². The van der Waals surface area contributed by atoms with Crippen molar-refractivity contribution in [2.24, 2.45) is 0 Å². The minimum absolute atomic E-state index is 0.504. The molecule has 0 aliphatic heterocycles. The van der Waals surface area contributed by atoms with Crippen LogP contribution in [0.5, 0.6) is 0 Å². The van der Waals surface area contributed by atoms with Crippen molar-refractivity contribution in [2.75, 3.05) is 0 Å². The van der Waals surface area contributed by atoms with E-state index in [1.54, 1.807) is 0 Å². The normalized spacial score (nSPS) is 14.2. The van der Waals surface area contributed by atoms with Crippen molar-refractivity contribution in [3.63, 3.8) is 0 Å². The maximum Gasteiger partial charge on any atom is 0.0740 e. The van der Waals surface area contributed by atoms with E-state index in [1.165, 1.54) is 46.2 Å². The zero-order valence-corrected chi connectivity index (χ0v) is 11.6. The van der Waals surface area contributed by atoms with E-state index in [0.717, 1.165) is 18.4 Å². The average molecular weight is 250 g/mol. The number of aromatic nitrogens is 1. The average Bonchev–Trinajstić information content (AvgIpc) is 2.43. The third-order valence-corrected chi connectivity index (χ3v) is 4.33. The summed E-state index contributed by atoms with van der Waals surface area (Å²) in [5.41, 5.74) is 7.45. The van der Waals surface area contributed by atoms with Crippen LogP contribution in [0.25, 0.3) is 10.9 Å². The number of rotatable bonds is 1. The highest BCUT2D eigenvalue weighted by Gasteiger charge is 2.18. The van der Waals surface area contributed by atoms with Gasteiger partial charge in [-0.15, -0.1) is 0 Å². The Labute approximate surface area is 114 Å². The second kappa shape index (κ2) is 4.66. The molecule has 3 rings (SSSR count). The van der Waals surface area contributed by atoms with Gasteiger partial charge in [0.15, 0.2) is 0 Å². The van der Waals surface area contributed by atoms with Gasteiger partial charge in [0.05, 0.1) is 18.0 Å². The molecule has 2 nitrogen and oxygen atoms in total. The summed E-state index contributed by atoms with van der Waals surface area (Å²) < 4.78 is 0. The second-order valence-electron chi connectivity index (χ2n) is 5.46. The molecule has 19 heavy (non-hydrogen) atoms. The Balaban J connectivity index is 2.39. The Morgan fingerprint density at radius 1 is 1.21 bits per heavy atom. The smallest absolute Gasteiger partial charge is 0.0740 e.